The minimum atomic E-state index is -3.42. The van der Waals surface area contributed by atoms with Gasteiger partial charge in [-0.2, -0.15) is 4.31 Å². The van der Waals surface area contributed by atoms with Crippen LogP contribution < -0.4 is 0 Å². The molecule has 5 atom stereocenters. The summed E-state index contributed by atoms with van der Waals surface area (Å²) in [5, 5.41) is 22.9. The number of hydrogen-bond acceptors (Lipinski definition) is 7. The van der Waals surface area contributed by atoms with Gasteiger partial charge < -0.3 is 19.5 Å². The maximum atomic E-state index is 13.0. The summed E-state index contributed by atoms with van der Waals surface area (Å²) in [5.41, 5.74) is 0. The predicted octanol–water partition coefficient (Wildman–Crippen LogP) is -1.26. The van der Waals surface area contributed by atoms with E-state index in [0.29, 0.717) is 19.4 Å². The summed E-state index contributed by atoms with van der Waals surface area (Å²) in [6.07, 6.45) is -1.92. The zero-order valence-electron chi connectivity index (χ0n) is 17.5. The van der Waals surface area contributed by atoms with Crippen LogP contribution in [0.25, 0.3) is 0 Å². The SMILES string of the molecule is CC(=O)N1CCC(OC2(OC3CCN(S(C)(=O)=O)C3)C([O])CCN2C(=O)C(C)O)C1. The van der Waals surface area contributed by atoms with E-state index < -0.39 is 46.3 Å². The topological polar surface area (TPSA) is 137 Å². The lowest BCUT2D eigenvalue weighted by Crippen LogP contribution is -2.61. The molecule has 3 rings (SSSR count). The van der Waals surface area contributed by atoms with Gasteiger partial charge >= 0.3 is 0 Å². The Balaban J connectivity index is 1.85. The van der Waals surface area contributed by atoms with E-state index >= 15 is 0 Å². The Bertz CT molecular complexity index is 775. The molecule has 171 valence electrons. The monoisotopic (exact) mass is 448 g/mol. The van der Waals surface area contributed by atoms with E-state index in [1.807, 2.05) is 0 Å². The highest BCUT2D eigenvalue weighted by molar-refractivity contribution is 7.88. The van der Waals surface area contributed by atoms with Crippen molar-refractivity contribution in [2.24, 2.45) is 0 Å². The predicted molar refractivity (Wildman–Crippen MR) is 103 cm³/mol. The number of carbonyl (C=O) groups excluding carboxylic acids is 2. The summed E-state index contributed by atoms with van der Waals surface area (Å²) >= 11 is 0. The molecule has 3 aliphatic heterocycles. The highest BCUT2D eigenvalue weighted by Gasteiger charge is 2.58. The Hall–Kier alpha value is -1.31. The van der Waals surface area contributed by atoms with Gasteiger partial charge in [-0.15, -0.1) is 0 Å². The number of aliphatic hydroxyl groups excluding tert-OH is 1. The number of likely N-dealkylation sites (tertiary alicyclic amines) is 2. The fourth-order valence-corrected chi connectivity index (χ4v) is 5.11. The number of sulfonamides is 1. The molecule has 3 saturated heterocycles. The van der Waals surface area contributed by atoms with Gasteiger partial charge in [-0.25, -0.2) is 13.5 Å². The van der Waals surface area contributed by atoms with E-state index in [1.54, 1.807) is 4.90 Å². The van der Waals surface area contributed by atoms with Crippen LogP contribution in [-0.2, 0) is 34.2 Å². The second-order valence-electron chi connectivity index (χ2n) is 8.22. The molecular formula is C18H30N3O8S. The molecule has 1 N–H and O–H groups in total. The van der Waals surface area contributed by atoms with Gasteiger partial charge in [0.05, 0.1) is 18.5 Å². The van der Waals surface area contributed by atoms with Crippen LogP contribution in [0.4, 0.5) is 0 Å². The number of amides is 2. The number of rotatable bonds is 6. The van der Waals surface area contributed by atoms with Gasteiger partial charge in [-0.05, 0) is 19.8 Å². The van der Waals surface area contributed by atoms with Gasteiger partial charge in [0.1, 0.15) is 6.10 Å². The molecule has 12 heteroatoms. The molecule has 0 aromatic rings. The van der Waals surface area contributed by atoms with Crippen molar-refractivity contribution in [1.29, 1.82) is 0 Å². The highest BCUT2D eigenvalue weighted by atomic mass is 32.2. The third kappa shape index (κ3) is 4.63. The van der Waals surface area contributed by atoms with E-state index in [0.717, 1.165) is 11.2 Å². The first-order chi connectivity index (χ1) is 13.9. The number of aliphatic hydroxyl groups is 1. The fourth-order valence-electron chi connectivity index (χ4n) is 4.24. The number of carbonyl (C=O) groups is 2. The van der Waals surface area contributed by atoms with Crippen molar-refractivity contribution in [1.82, 2.24) is 14.1 Å². The van der Waals surface area contributed by atoms with Crippen LogP contribution in [0.3, 0.4) is 0 Å². The number of hydrogen-bond donors (Lipinski definition) is 1. The van der Waals surface area contributed by atoms with Crippen LogP contribution in [0.15, 0.2) is 0 Å². The minimum Gasteiger partial charge on any atom is -0.384 e. The molecule has 3 aliphatic rings. The average molecular weight is 449 g/mol. The molecule has 1 radical (unpaired) electrons. The summed E-state index contributed by atoms with van der Waals surface area (Å²) in [6, 6.07) is 0. The Morgan fingerprint density at radius 3 is 2.17 bits per heavy atom. The summed E-state index contributed by atoms with van der Waals surface area (Å²) in [7, 11) is -3.42. The third-order valence-electron chi connectivity index (χ3n) is 5.86. The molecule has 2 amide bonds. The Morgan fingerprint density at radius 1 is 1.07 bits per heavy atom. The maximum absolute atomic E-state index is 13.0. The molecular weight excluding hydrogens is 418 g/mol. The molecule has 30 heavy (non-hydrogen) atoms. The minimum absolute atomic E-state index is 0.0532. The van der Waals surface area contributed by atoms with Crippen LogP contribution in [-0.4, -0.2) is 109 Å². The maximum Gasteiger partial charge on any atom is 0.285 e. The quantitative estimate of drug-likeness (QED) is 0.501. The first kappa shape index (κ1) is 23.4. The van der Waals surface area contributed by atoms with Crippen molar-refractivity contribution in [3.63, 3.8) is 0 Å². The second kappa shape index (κ2) is 8.67. The summed E-state index contributed by atoms with van der Waals surface area (Å²) < 4.78 is 37.2. The van der Waals surface area contributed by atoms with Crippen LogP contribution in [0.2, 0.25) is 0 Å². The van der Waals surface area contributed by atoms with Crippen molar-refractivity contribution < 1.29 is 37.7 Å². The molecule has 5 unspecified atom stereocenters. The molecule has 3 fully saturated rings. The van der Waals surface area contributed by atoms with E-state index in [1.165, 1.54) is 18.2 Å². The van der Waals surface area contributed by atoms with Crippen molar-refractivity contribution in [3.05, 3.63) is 0 Å². The summed E-state index contributed by atoms with van der Waals surface area (Å²) in [4.78, 5) is 27.0. The number of nitrogens with zero attached hydrogens (tertiary/aromatic N) is 3. The van der Waals surface area contributed by atoms with Crippen LogP contribution in [0.5, 0.6) is 0 Å². The first-order valence-corrected chi connectivity index (χ1v) is 12.0. The lowest BCUT2D eigenvalue weighted by atomic mass is 10.2. The Labute approximate surface area is 176 Å². The van der Waals surface area contributed by atoms with E-state index in [4.69, 9.17) is 9.47 Å². The van der Waals surface area contributed by atoms with E-state index in [9.17, 15) is 28.2 Å². The summed E-state index contributed by atoms with van der Waals surface area (Å²) in [6.45, 7) is 3.84. The highest BCUT2D eigenvalue weighted by Crippen LogP contribution is 2.38. The van der Waals surface area contributed by atoms with Gasteiger partial charge in [-0.1, -0.05) is 0 Å². The molecule has 3 heterocycles. The Morgan fingerprint density at radius 2 is 1.67 bits per heavy atom. The Kier molecular flexibility index (Phi) is 6.75. The molecule has 0 aliphatic carbocycles. The first-order valence-electron chi connectivity index (χ1n) is 10.2. The van der Waals surface area contributed by atoms with Crippen LogP contribution in [0.1, 0.15) is 33.1 Å². The zero-order chi connectivity index (χ0) is 22.3. The fraction of sp³-hybridized carbons (Fsp3) is 0.889. The molecule has 0 bridgehead atoms. The van der Waals surface area contributed by atoms with Crippen LogP contribution >= 0.6 is 0 Å². The van der Waals surface area contributed by atoms with Crippen molar-refractivity contribution in [3.8, 4) is 0 Å². The van der Waals surface area contributed by atoms with Gasteiger partial charge in [-0.3, -0.25) is 14.5 Å². The summed E-state index contributed by atoms with van der Waals surface area (Å²) in [5.74, 6) is -2.76. The van der Waals surface area contributed by atoms with Crippen LogP contribution in [0, 0.1) is 0 Å². The number of ether oxygens (including phenoxy) is 2. The molecule has 11 nitrogen and oxygen atoms in total. The standard InChI is InChI=1S/C18H30N3O8S/c1-12(22)17(25)21-9-6-16(24)18(21,28-14-4-7-19(10-14)13(2)23)29-15-5-8-20(11-15)30(3,26)27/h12,14-16,22H,4-11H2,1-3H3. The van der Waals surface area contributed by atoms with Gasteiger partial charge in [0.15, 0.2) is 6.10 Å². The lowest BCUT2D eigenvalue weighted by Gasteiger charge is -2.42. The third-order valence-corrected chi connectivity index (χ3v) is 7.13. The van der Waals surface area contributed by atoms with Gasteiger partial charge in [0.25, 0.3) is 11.8 Å². The van der Waals surface area contributed by atoms with Crippen molar-refractivity contribution in [2.45, 2.75) is 63.4 Å². The second-order valence-corrected chi connectivity index (χ2v) is 10.2. The largest absolute Gasteiger partial charge is 0.384 e. The van der Waals surface area contributed by atoms with Gasteiger partial charge in [0, 0.05) is 46.1 Å². The average Bonchev–Trinajstić information content (AvgIpc) is 3.35. The smallest absolute Gasteiger partial charge is 0.285 e. The lowest BCUT2D eigenvalue weighted by molar-refractivity contribution is -0.360. The van der Waals surface area contributed by atoms with Crippen molar-refractivity contribution in [2.75, 3.05) is 39.0 Å². The van der Waals surface area contributed by atoms with E-state index in [2.05, 4.69) is 0 Å². The molecule has 0 spiro atoms. The molecule has 0 aromatic carbocycles. The van der Waals surface area contributed by atoms with E-state index in [-0.39, 0.29) is 38.5 Å². The molecule has 0 saturated carbocycles. The normalized spacial score (nSPS) is 34.0. The molecule has 0 aromatic heterocycles. The zero-order valence-corrected chi connectivity index (χ0v) is 18.3. The van der Waals surface area contributed by atoms with Crippen molar-refractivity contribution >= 4 is 21.8 Å². The van der Waals surface area contributed by atoms with Gasteiger partial charge in [0.2, 0.25) is 15.9 Å².